The summed E-state index contributed by atoms with van der Waals surface area (Å²) in [7, 11) is 0. The van der Waals surface area contributed by atoms with Crippen LogP contribution in [0.5, 0.6) is 0 Å². The van der Waals surface area contributed by atoms with Crippen LogP contribution in [-0.2, 0) is 36.8 Å². The first kappa shape index (κ1) is 36.3. The zero-order chi connectivity index (χ0) is 32.3. The quantitative estimate of drug-likeness (QED) is 0.182. The smallest absolute Gasteiger partial charge is 0.330 e. The largest absolute Gasteiger partial charge is 0.481 e. The third-order valence-corrected chi connectivity index (χ3v) is 8.56. The van der Waals surface area contributed by atoms with E-state index in [0.717, 1.165) is 41.1 Å². The topological polar surface area (TPSA) is 138 Å². The second-order valence-electron chi connectivity index (χ2n) is 10.1. The third-order valence-electron chi connectivity index (χ3n) is 6.61. The summed E-state index contributed by atoms with van der Waals surface area (Å²) in [6, 6.07) is 27.0. The number of rotatable bonds is 15. The molecule has 3 aromatic carbocycles. The molecule has 0 spiro atoms. The summed E-state index contributed by atoms with van der Waals surface area (Å²) < 4.78 is 0. The van der Waals surface area contributed by atoms with E-state index in [4.69, 9.17) is 5.11 Å². The Morgan fingerprint density at radius 3 is 1.43 bits per heavy atom. The molecule has 0 aliphatic rings. The number of aliphatic carboxylic acids is 2. The van der Waals surface area contributed by atoms with E-state index in [0.29, 0.717) is 36.3 Å². The maximum absolute atomic E-state index is 12.8. The van der Waals surface area contributed by atoms with Gasteiger partial charge in [0.15, 0.2) is 16.3 Å². The molecule has 8 nitrogen and oxygen atoms in total. The Kier molecular flexibility index (Phi) is 16.6. The SMILES string of the molecule is CC(=O)SCC(CCc1ccccc1)C(=O)N[C@@H](C(=O)O)c1ccccc1.CC(=O)SCC(CCc1ccccc1)C(=O)O. The predicted molar refractivity (Wildman–Crippen MR) is 175 cm³/mol. The van der Waals surface area contributed by atoms with Crippen molar-refractivity contribution in [2.24, 2.45) is 11.8 Å². The average Bonchev–Trinajstić information content (AvgIpc) is 3.01. The highest BCUT2D eigenvalue weighted by molar-refractivity contribution is 8.13. The lowest BCUT2D eigenvalue weighted by atomic mass is 9.99. The van der Waals surface area contributed by atoms with Crippen LogP contribution in [0.4, 0.5) is 0 Å². The summed E-state index contributed by atoms with van der Waals surface area (Å²) in [5.41, 5.74) is 2.74. The molecule has 3 rings (SSSR count). The Morgan fingerprint density at radius 1 is 0.614 bits per heavy atom. The van der Waals surface area contributed by atoms with Crippen molar-refractivity contribution in [2.75, 3.05) is 11.5 Å². The normalized spacial score (nSPS) is 12.5. The standard InChI is InChI=1S/C21H23NO4S.C13H16O3S/c1-15(23)27-14-18(13-12-16-8-4-2-5-9-16)20(24)22-19(21(25)26)17-10-6-3-7-11-17;1-10(14)17-9-12(13(15)16)8-7-11-5-3-2-4-6-11/h2-11,18-19H,12-14H2,1H3,(H,22,24)(H,25,26);2-6,12H,7-9H2,1H3,(H,15,16)/t18?,19-;/m1./s1. The van der Waals surface area contributed by atoms with Crippen molar-refractivity contribution < 1.29 is 34.2 Å². The number of carboxylic acid groups (broad SMARTS) is 2. The Hall–Kier alpha value is -3.89. The Morgan fingerprint density at radius 2 is 1.02 bits per heavy atom. The zero-order valence-electron chi connectivity index (χ0n) is 24.9. The van der Waals surface area contributed by atoms with Gasteiger partial charge in [-0.2, -0.15) is 0 Å². The first-order valence-corrected chi connectivity index (χ1v) is 16.2. The van der Waals surface area contributed by atoms with Gasteiger partial charge in [-0.05, 0) is 42.4 Å². The predicted octanol–water partition coefficient (Wildman–Crippen LogP) is 6.06. The maximum atomic E-state index is 12.8. The van der Waals surface area contributed by atoms with Gasteiger partial charge in [-0.1, -0.05) is 115 Å². The molecular weight excluding hydrogens is 599 g/mol. The van der Waals surface area contributed by atoms with Gasteiger partial charge in [0.05, 0.1) is 5.92 Å². The minimum absolute atomic E-state index is 0.0315. The fraction of sp³-hybridized carbons (Fsp3) is 0.324. The molecule has 0 heterocycles. The number of carboxylic acids is 2. The number of carbonyl (C=O) groups is 5. The van der Waals surface area contributed by atoms with Crippen LogP contribution in [0.15, 0.2) is 91.0 Å². The summed E-state index contributed by atoms with van der Waals surface area (Å²) in [6.45, 7) is 2.92. The van der Waals surface area contributed by atoms with Gasteiger partial charge in [0.1, 0.15) is 0 Å². The van der Waals surface area contributed by atoms with E-state index >= 15 is 0 Å². The van der Waals surface area contributed by atoms with Gasteiger partial charge in [-0.15, -0.1) is 0 Å². The van der Waals surface area contributed by atoms with Crippen LogP contribution in [0.1, 0.15) is 49.4 Å². The number of nitrogens with one attached hydrogen (secondary N) is 1. The van der Waals surface area contributed by atoms with Crippen molar-refractivity contribution in [3.8, 4) is 0 Å². The Balaban J connectivity index is 0.000000342. The summed E-state index contributed by atoms with van der Waals surface area (Å²) in [5.74, 6) is -2.51. The minimum Gasteiger partial charge on any atom is -0.481 e. The van der Waals surface area contributed by atoms with E-state index in [1.165, 1.54) is 13.8 Å². The van der Waals surface area contributed by atoms with Gasteiger partial charge >= 0.3 is 11.9 Å². The van der Waals surface area contributed by atoms with Crippen LogP contribution in [0.3, 0.4) is 0 Å². The fourth-order valence-corrected chi connectivity index (χ4v) is 5.67. The van der Waals surface area contributed by atoms with Crippen LogP contribution in [0, 0.1) is 11.8 Å². The third kappa shape index (κ3) is 14.5. The molecule has 1 amide bonds. The van der Waals surface area contributed by atoms with Crippen LogP contribution < -0.4 is 5.32 Å². The lowest BCUT2D eigenvalue weighted by Crippen LogP contribution is -2.38. The van der Waals surface area contributed by atoms with Crippen molar-refractivity contribution in [1.29, 1.82) is 0 Å². The van der Waals surface area contributed by atoms with E-state index < -0.39 is 29.8 Å². The highest BCUT2D eigenvalue weighted by atomic mass is 32.2. The first-order chi connectivity index (χ1) is 21.1. The molecular formula is C34H39NO7S2. The molecule has 0 radical (unpaired) electrons. The monoisotopic (exact) mass is 637 g/mol. The second kappa shape index (κ2) is 20.1. The lowest BCUT2D eigenvalue weighted by Gasteiger charge is -2.20. The lowest BCUT2D eigenvalue weighted by molar-refractivity contribution is -0.142. The van der Waals surface area contributed by atoms with E-state index in [9.17, 15) is 29.1 Å². The molecule has 0 saturated carbocycles. The molecule has 3 N–H and O–H groups in total. The van der Waals surface area contributed by atoms with E-state index in [-0.39, 0.29) is 16.1 Å². The number of aryl methyl sites for hydroxylation is 2. The number of hydrogen-bond acceptors (Lipinski definition) is 7. The number of benzene rings is 3. The molecule has 10 heteroatoms. The van der Waals surface area contributed by atoms with Crippen molar-refractivity contribution in [3.05, 3.63) is 108 Å². The number of carbonyl (C=O) groups excluding carboxylic acids is 3. The Labute approximate surface area is 267 Å². The molecule has 0 saturated heterocycles. The molecule has 2 unspecified atom stereocenters. The van der Waals surface area contributed by atoms with Gasteiger partial charge in [0.2, 0.25) is 5.91 Å². The van der Waals surface area contributed by atoms with Gasteiger partial charge in [-0.3, -0.25) is 19.2 Å². The van der Waals surface area contributed by atoms with Crippen LogP contribution >= 0.6 is 23.5 Å². The average molecular weight is 638 g/mol. The van der Waals surface area contributed by atoms with E-state index in [1.54, 1.807) is 30.3 Å². The highest BCUT2D eigenvalue weighted by Gasteiger charge is 2.27. The molecule has 44 heavy (non-hydrogen) atoms. The molecule has 0 bridgehead atoms. The molecule has 3 aromatic rings. The van der Waals surface area contributed by atoms with Gasteiger partial charge < -0.3 is 15.5 Å². The van der Waals surface area contributed by atoms with Crippen LogP contribution in [0.2, 0.25) is 0 Å². The van der Waals surface area contributed by atoms with Crippen LogP contribution in [0.25, 0.3) is 0 Å². The summed E-state index contributed by atoms with van der Waals surface area (Å²) in [4.78, 5) is 57.6. The van der Waals surface area contributed by atoms with E-state index in [1.807, 2.05) is 60.7 Å². The summed E-state index contributed by atoms with van der Waals surface area (Å²) in [6.07, 6.45) is 2.52. The molecule has 0 aliphatic carbocycles. The summed E-state index contributed by atoms with van der Waals surface area (Å²) >= 11 is 2.17. The van der Waals surface area contributed by atoms with E-state index in [2.05, 4.69) is 5.32 Å². The molecule has 3 atom stereocenters. The number of amides is 1. The number of thioether (sulfide) groups is 2. The van der Waals surface area contributed by atoms with Crippen molar-refractivity contribution in [2.45, 2.75) is 45.6 Å². The summed E-state index contributed by atoms with van der Waals surface area (Å²) in [5, 5.41) is 21.1. The molecule has 234 valence electrons. The second-order valence-corrected chi connectivity index (χ2v) is 12.5. The molecule has 0 aromatic heterocycles. The van der Waals surface area contributed by atoms with Crippen molar-refractivity contribution in [1.82, 2.24) is 5.32 Å². The highest BCUT2D eigenvalue weighted by Crippen LogP contribution is 2.20. The maximum Gasteiger partial charge on any atom is 0.330 e. The fourth-order valence-electron chi connectivity index (χ4n) is 4.17. The van der Waals surface area contributed by atoms with Gasteiger partial charge in [0, 0.05) is 31.3 Å². The molecule has 0 fully saturated rings. The van der Waals surface area contributed by atoms with Crippen LogP contribution in [-0.4, -0.2) is 49.8 Å². The van der Waals surface area contributed by atoms with Crippen molar-refractivity contribution >= 4 is 51.6 Å². The minimum atomic E-state index is -1.12. The molecule has 0 aliphatic heterocycles. The first-order valence-electron chi connectivity index (χ1n) is 14.2. The van der Waals surface area contributed by atoms with Gasteiger partial charge in [0.25, 0.3) is 0 Å². The Bertz CT molecular complexity index is 1340. The van der Waals surface area contributed by atoms with Crippen molar-refractivity contribution in [3.63, 3.8) is 0 Å². The van der Waals surface area contributed by atoms with Gasteiger partial charge in [-0.25, -0.2) is 4.79 Å². The zero-order valence-corrected chi connectivity index (χ0v) is 26.5. The number of hydrogen-bond donors (Lipinski definition) is 3.